The van der Waals surface area contributed by atoms with Crippen molar-refractivity contribution in [1.82, 2.24) is 0 Å². The van der Waals surface area contributed by atoms with E-state index in [2.05, 4.69) is 22.5 Å². The molecule has 96 valence electrons. The maximum Gasteiger partial charge on any atom is 0.328 e. The molecule has 0 fully saturated rings. The van der Waals surface area contributed by atoms with E-state index in [0.29, 0.717) is 12.4 Å². The maximum atomic E-state index is 10.6. The standard InChI is InChI=1S/C14H15BrO3/c1-3-4-7-18-14-10(2)8-12(15)9-11(14)5-6-13(16)17/h3,5-6,8-9H,1,4,7H2,2H3,(H,16,17)/b6-5+. The molecule has 0 aliphatic heterocycles. The van der Waals surface area contributed by atoms with Crippen LogP contribution in [0.25, 0.3) is 6.08 Å². The fraction of sp³-hybridized carbons (Fsp3) is 0.214. The van der Waals surface area contributed by atoms with Gasteiger partial charge in [0.05, 0.1) is 6.61 Å². The van der Waals surface area contributed by atoms with E-state index in [0.717, 1.165) is 28.1 Å². The van der Waals surface area contributed by atoms with Crippen molar-refractivity contribution in [3.05, 3.63) is 46.5 Å². The van der Waals surface area contributed by atoms with Crippen LogP contribution in [0.1, 0.15) is 17.5 Å². The van der Waals surface area contributed by atoms with Crippen molar-refractivity contribution in [2.24, 2.45) is 0 Å². The first-order valence-corrected chi connectivity index (χ1v) is 6.28. The van der Waals surface area contributed by atoms with Gasteiger partial charge in [0.15, 0.2) is 0 Å². The minimum Gasteiger partial charge on any atom is -0.492 e. The van der Waals surface area contributed by atoms with Crippen LogP contribution in [0.3, 0.4) is 0 Å². The predicted octanol–water partition coefficient (Wildman–Crippen LogP) is 3.81. The van der Waals surface area contributed by atoms with Gasteiger partial charge < -0.3 is 9.84 Å². The number of ether oxygens (including phenoxy) is 1. The Balaban J connectivity index is 3.04. The van der Waals surface area contributed by atoms with Crippen LogP contribution in [0.15, 0.2) is 35.3 Å². The molecule has 0 heterocycles. The molecule has 4 heteroatoms. The van der Waals surface area contributed by atoms with Crippen LogP contribution in [-0.2, 0) is 4.79 Å². The summed E-state index contributed by atoms with van der Waals surface area (Å²) in [5.41, 5.74) is 1.70. The van der Waals surface area contributed by atoms with Crippen molar-refractivity contribution in [3.8, 4) is 5.75 Å². The van der Waals surface area contributed by atoms with Crippen LogP contribution in [0.5, 0.6) is 5.75 Å². The first-order valence-electron chi connectivity index (χ1n) is 5.49. The Labute approximate surface area is 115 Å². The molecule has 1 rings (SSSR count). The summed E-state index contributed by atoms with van der Waals surface area (Å²) in [6, 6.07) is 3.76. The predicted molar refractivity (Wildman–Crippen MR) is 75.9 cm³/mol. The van der Waals surface area contributed by atoms with E-state index < -0.39 is 5.97 Å². The second kappa shape index (κ2) is 7.01. The SMILES string of the molecule is C=CCCOc1c(C)cc(Br)cc1/C=C/C(=O)O. The fourth-order valence-corrected chi connectivity index (χ4v) is 2.07. The van der Waals surface area contributed by atoms with Crippen molar-refractivity contribution in [2.75, 3.05) is 6.61 Å². The zero-order chi connectivity index (χ0) is 13.5. The number of benzene rings is 1. The lowest BCUT2D eigenvalue weighted by Gasteiger charge is -2.12. The van der Waals surface area contributed by atoms with Crippen LogP contribution in [0, 0.1) is 6.92 Å². The van der Waals surface area contributed by atoms with Crippen LogP contribution >= 0.6 is 15.9 Å². The Kier molecular flexibility index (Phi) is 5.65. The third-order valence-corrected chi connectivity index (χ3v) is 2.70. The molecule has 1 aromatic carbocycles. The van der Waals surface area contributed by atoms with Crippen LogP contribution in [0.2, 0.25) is 0 Å². The van der Waals surface area contributed by atoms with Gasteiger partial charge in [0.2, 0.25) is 0 Å². The number of carboxylic acids is 1. The molecule has 3 nitrogen and oxygen atoms in total. The molecule has 0 aliphatic rings. The van der Waals surface area contributed by atoms with E-state index in [1.807, 2.05) is 19.1 Å². The summed E-state index contributed by atoms with van der Waals surface area (Å²) in [6.45, 7) is 6.08. The highest BCUT2D eigenvalue weighted by Crippen LogP contribution is 2.29. The van der Waals surface area contributed by atoms with Gasteiger partial charge in [0.1, 0.15) is 5.75 Å². The molecule has 0 saturated heterocycles. The van der Waals surface area contributed by atoms with Gasteiger partial charge in [-0.2, -0.15) is 0 Å². The zero-order valence-electron chi connectivity index (χ0n) is 10.1. The highest BCUT2D eigenvalue weighted by Gasteiger charge is 2.07. The molecule has 18 heavy (non-hydrogen) atoms. The molecule has 1 N–H and O–H groups in total. The van der Waals surface area contributed by atoms with E-state index in [4.69, 9.17) is 9.84 Å². The lowest BCUT2D eigenvalue weighted by atomic mass is 10.1. The second-order valence-electron chi connectivity index (χ2n) is 3.74. The Hall–Kier alpha value is -1.55. The highest BCUT2D eigenvalue weighted by atomic mass is 79.9. The number of carbonyl (C=O) groups is 1. The number of aryl methyl sites for hydroxylation is 1. The lowest BCUT2D eigenvalue weighted by molar-refractivity contribution is -0.131. The van der Waals surface area contributed by atoms with Crippen molar-refractivity contribution < 1.29 is 14.6 Å². The van der Waals surface area contributed by atoms with Crippen LogP contribution < -0.4 is 4.74 Å². The largest absolute Gasteiger partial charge is 0.492 e. The average molecular weight is 311 g/mol. The average Bonchev–Trinajstić information content (AvgIpc) is 2.29. The van der Waals surface area contributed by atoms with Gasteiger partial charge in [0.25, 0.3) is 0 Å². The molecule has 0 bridgehead atoms. The Morgan fingerprint density at radius 2 is 2.28 bits per heavy atom. The van der Waals surface area contributed by atoms with Gasteiger partial charge in [0, 0.05) is 16.1 Å². The Morgan fingerprint density at radius 1 is 1.56 bits per heavy atom. The molecular formula is C14H15BrO3. The van der Waals surface area contributed by atoms with Crippen LogP contribution in [0.4, 0.5) is 0 Å². The molecule has 0 unspecified atom stereocenters. The number of hydrogen-bond donors (Lipinski definition) is 1. The molecule has 0 amide bonds. The van der Waals surface area contributed by atoms with E-state index in [9.17, 15) is 4.79 Å². The van der Waals surface area contributed by atoms with Gasteiger partial charge in [-0.1, -0.05) is 22.0 Å². The van der Waals surface area contributed by atoms with Crippen molar-refractivity contribution in [1.29, 1.82) is 0 Å². The van der Waals surface area contributed by atoms with E-state index in [1.165, 1.54) is 6.08 Å². The molecular weight excluding hydrogens is 296 g/mol. The normalized spacial score (nSPS) is 10.6. The first-order chi connectivity index (χ1) is 8.54. The lowest BCUT2D eigenvalue weighted by Crippen LogP contribution is -2.00. The molecule has 0 aromatic heterocycles. The van der Waals surface area contributed by atoms with E-state index in [-0.39, 0.29) is 0 Å². The maximum absolute atomic E-state index is 10.6. The summed E-state index contributed by atoms with van der Waals surface area (Å²) in [5, 5.41) is 8.67. The first kappa shape index (κ1) is 14.5. The Morgan fingerprint density at radius 3 is 2.89 bits per heavy atom. The minimum atomic E-state index is -0.982. The monoisotopic (exact) mass is 310 g/mol. The van der Waals surface area contributed by atoms with Gasteiger partial charge in [-0.05, 0) is 37.1 Å². The Bertz CT molecular complexity index is 478. The van der Waals surface area contributed by atoms with Crippen molar-refractivity contribution >= 4 is 28.0 Å². The third-order valence-electron chi connectivity index (χ3n) is 2.24. The van der Waals surface area contributed by atoms with Gasteiger partial charge in [-0.25, -0.2) is 4.79 Å². The summed E-state index contributed by atoms with van der Waals surface area (Å²) in [5.74, 6) is -0.276. The van der Waals surface area contributed by atoms with Gasteiger partial charge >= 0.3 is 5.97 Å². The summed E-state index contributed by atoms with van der Waals surface area (Å²) in [7, 11) is 0. The molecule has 0 spiro atoms. The van der Waals surface area contributed by atoms with Gasteiger partial charge in [-0.3, -0.25) is 0 Å². The fourth-order valence-electron chi connectivity index (χ4n) is 1.48. The highest BCUT2D eigenvalue weighted by molar-refractivity contribution is 9.10. The third kappa shape index (κ3) is 4.37. The van der Waals surface area contributed by atoms with Gasteiger partial charge in [-0.15, -0.1) is 6.58 Å². The number of rotatable bonds is 6. The molecule has 0 aliphatic carbocycles. The topological polar surface area (TPSA) is 46.5 Å². The minimum absolute atomic E-state index is 0.528. The summed E-state index contributed by atoms with van der Waals surface area (Å²) in [6.07, 6.45) is 5.16. The van der Waals surface area contributed by atoms with E-state index in [1.54, 1.807) is 6.08 Å². The molecule has 0 atom stereocenters. The van der Waals surface area contributed by atoms with Crippen molar-refractivity contribution in [3.63, 3.8) is 0 Å². The molecule has 0 saturated carbocycles. The zero-order valence-corrected chi connectivity index (χ0v) is 11.7. The number of carboxylic acid groups (broad SMARTS) is 1. The summed E-state index contributed by atoms with van der Waals surface area (Å²) < 4.78 is 6.55. The van der Waals surface area contributed by atoms with Crippen molar-refractivity contribution in [2.45, 2.75) is 13.3 Å². The van der Waals surface area contributed by atoms with E-state index >= 15 is 0 Å². The molecule has 0 radical (unpaired) electrons. The van der Waals surface area contributed by atoms with Crippen LogP contribution in [-0.4, -0.2) is 17.7 Å². The molecule has 1 aromatic rings. The number of hydrogen-bond acceptors (Lipinski definition) is 2. The summed E-state index contributed by atoms with van der Waals surface area (Å²) >= 11 is 3.38. The second-order valence-corrected chi connectivity index (χ2v) is 4.65. The number of halogens is 1. The number of aliphatic carboxylic acids is 1. The quantitative estimate of drug-likeness (QED) is 0.494. The summed E-state index contributed by atoms with van der Waals surface area (Å²) in [4.78, 5) is 10.6. The smallest absolute Gasteiger partial charge is 0.328 e.